The molecular weight excluding hydrogens is 333 g/mol. The summed E-state index contributed by atoms with van der Waals surface area (Å²) in [4.78, 5) is 12.0. The highest BCUT2D eigenvalue weighted by Gasteiger charge is 2.35. The van der Waals surface area contributed by atoms with Crippen LogP contribution in [0.5, 0.6) is 5.75 Å². The van der Waals surface area contributed by atoms with E-state index in [1.54, 1.807) is 0 Å². The predicted octanol–water partition coefficient (Wildman–Crippen LogP) is 2.76. The molecule has 1 aliphatic rings. The number of hydrogen-bond donors (Lipinski definition) is 2. The van der Waals surface area contributed by atoms with Crippen LogP contribution in [0, 0.1) is 0 Å². The fraction of sp³-hybridized carbons (Fsp3) is 0.533. The van der Waals surface area contributed by atoms with Crippen molar-refractivity contribution in [3.63, 3.8) is 0 Å². The molecule has 0 aromatic heterocycles. The average Bonchev–Trinajstić information content (AvgIpc) is 2.47. The number of ether oxygens (including phenoxy) is 1. The van der Waals surface area contributed by atoms with Gasteiger partial charge in [0.1, 0.15) is 5.75 Å². The van der Waals surface area contributed by atoms with Crippen molar-refractivity contribution in [1.82, 2.24) is 10.6 Å². The lowest BCUT2D eigenvalue weighted by atomic mass is 10.1. The van der Waals surface area contributed by atoms with Crippen molar-refractivity contribution in [2.45, 2.75) is 38.1 Å². The molecule has 0 saturated carbocycles. The van der Waals surface area contributed by atoms with Gasteiger partial charge in [0.05, 0.1) is 5.56 Å². The second-order valence-electron chi connectivity index (χ2n) is 5.29. The van der Waals surface area contributed by atoms with Crippen LogP contribution in [0.4, 0.5) is 13.2 Å². The highest BCUT2D eigenvalue weighted by molar-refractivity contribution is 5.85. The third-order valence-corrected chi connectivity index (χ3v) is 3.55. The van der Waals surface area contributed by atoms with Crippen LogP contribution in [0.2, 0.25) is 0 Å². The largest absolute Gasteiger partial charge is 0.480 e. The number of para-hydroxylation sites is 1. The van der Waals surface area contributed by atoms with E-state index in [4.69, 9.17) is 4.74 Å². The normalized spacial score (nSPS) is 17.0. The van der Waals surface area contributed by atoms with Gasteiger partial charge in [-0.2, -0.15) is 13.2 Å². The van der Waals surface area contributed by atoms with Gasteiger partial charge in [-0.15, -0.1) is 12.4 Å². The fourth-order valence-electron chi connectivity index (χ4n) is 2.33. The number of nitrogens with one attached hydrogen (secondary N) is 2. The summed E-state index contributed by atoms with van der Waals surface area (Å²) in [6.07, 6.45) is -3.89. The molecule has 1 aliphatic heterocycles. The molecule has 0 spiro atoms. The van der Waals surface area contributed by atoms with Gasteiger partial charge < -0.3 is 15.4 Å². The van der Waals surface area contributed by atoms with Crippen LogP contribution in [0.3, 0.4) is 0 Å². The van der Waals surface area contributed by atoms with E-state index in [0.717, 1.165) is 32.0 Å². The molecule has 2 N–H and O–H groups in total. The van der Waals surface area contributed by atoms with E-state index in [0.29, 0.717) is 0 Å². The van der Waals surface area contributed by atoms with Crippen molar-refractivity contribution < 1.29 is 22.7 Å². The van der Waals surface area contributed by atoms with Crippen molar-refractivity contribution >= 4 is 18.3 Å². The van der Waals surface area contributed by atoms with Gasteiger partial charge in [-0.25, -0.2) is 0 Å². The molecule has 0 aliphatic carbocycles. The second kappa shape index (κ2) is 8.40. The lowest BCUT2D eigenvalue weighted by Crippen LogP contribution is -2.47. The molecule has 2 rings (SSSR count). The topological polar surface area (TPSA) is 50.4 Å². The summed E-state index contributed by atoms with van der Waals surface area (Å²) in [5, 5.41) is 5.99. The number of rotatable bonds is 4. The van der Waals surface area contributed by atoms with E-state index in [1.807, 2.05) is 0 Å². The summed E-state index contributed by atoms with van der Waals surface area (Å²) < 4.78 is 43.9. The SMILES string of the molecule is CC(Oc1ccccc1C(F)(F)F)C(=O)NC1CCNCC1.Cl. The quantitative estimate of drug-likeness (QED) is 0.876. The number of carbonyl (C=O) groups excluding carboxylic acids is 1. The van der Waals surface area contributed by atoms with Crippen molar-refractivity contribution in [2.24, 2.45) is 0 Å². The maximum atomic E-state index is 12.9. The summed E-state index contributed by atoms with van der Waals surface area (Å²) in [7, 11) is 0. The zero-order valence-corrected chi connectivity index (χ0v) is 13.5. The fourth-order valence-corrected chi connectivity index (χ4v) is 2.33. The van der Waals surface area contributed by atoms with Gasteiger partial charge in [-0.05, 0) is 45.0 Å². The number of hydrogen-bond acceptors (Lipinski definition) is 3. The third kappa shape index (κ3) is 5.58. The van der Waals surface area contributed by atoms with Crippen LogP contribution in [0.25, 0.3) is 0 Å². The zero-order chi connectivity index (χ0) is 16.2. The monoisotopic (exact) mass is 352 g/mol. The van der Waals surface area contributed by atoms with Gasteiger partial charge in [-0.1, -0.05) is 12.1 Å². The Morgan fingerprint density at radius 2 is 1.91 bits per heavy atom. The summed E-state index contributed by atoms with van der Waals surface area (Å²) in [5.74, 6) is -0.730. The molecule has 1 fully saturated rings. The minimum Gasteiger partial charge on any atom is -0.480 e. The standard InChI is InChI=1S/C15H19F3N2O2.ClH/c1-10(14(21)20-11-6-8-19-9-7-11)22-13-5-3-2-4-12(13)15(16,17)18;/h2-5,10-11,19H,6-9H2,1H3,(H,20,21);1H. The Kier molecular flexibility index (Phi) is 7.15. The maximum absolute atomic E-state index is 12.9. The first-order valence-corrected chi connectivity index (χ1v) is 7.22. The Morgan fingerprint density at radius 3 is 2.52 bits per heavy atom. The molecule has 4 nitrogen and oxygen atoms in total. The number of alkyl halides is 3. The lowest BCUT2D eigenvalue weighted by molar-refractivity contribution is -0.140. The molecule has 1 aromatic carbocycles. The number of piperidine rings is 1. The Hall–Kier alpha value is -1.47. The van der Waals surface area contributed by atoms with E-state index < -0.39 is 23.8 Å². The van der Waals surface area contributed by atoms with E-state index in [-0.39, 0.29) is 24.2 Å². The molecule has 0 radical (unpaired) electrons. The van der Waals surface area contributed by atoms with Crippen LogP contribution in [-0.4, -0.2) is 31.1 Å². The maximum Gasteiger partial charge on any atom is 0.419 e. The number of halogens is 4. The summed E-state index contributed by atoms with van der Waals surface area (Å²) in [5.41, 5.74) is -0.878. The molecule has 1 atom stereocenters. The number of amides is 1. The van der Waals surface area contributed by atoms with E-state index >= 15 is 0 Å². The molecule has 0 bridgehead atoms. The van der Waals surface area contributed by atoms with Gasteiger partial charge in [0, 0.05) is 6.04 Å². The van der Waals surface area contributed by atoms with Crippen LogP contribution in [0.1, 0.15) is 25.3 Å². The van der Waals surface area contributed by atoms with E-state index in [2.05, 4.69) is 10.6 Å². The zero-order valence-electron chi connectivity index (χ0n) is 12.7. The Morgan fingerprint density at radius 1 is 1.30 bits per heavy atom. The van der Waals surface area contributed by atoms with Crippen molar-refractivity contribution in [2.75, 3.05) is 13.1 Å². The number of benzene rings is 1. The van der Waals surface area contributed by atoms with E-state index in [9.17, 15) is 18.0 Å². The second-order valence-corrected chi connectivity index (χ2v) is 5.29. The summed E-state index contributed by atoms with van der Waals surface area (Å²) in [6.45, 7) is 3.08. The Bertz CT molecular complexity index is 520. The van der Waals surface area contributed by atoms with Crippen molar-refractivity contribution in [3.8, 4) is 5.75 Å². The van der Waals surface area contributed by atoms with Gasteiger partial charge in [-0.3, -0.25) is 4.79 Å². The molecule has 1 saturated heterocycles. The van der Waals surface area contributed by atoms with Gasteiger partial charge in [0.2, 0.25) is 0 Å². The minimum absolute atomic E-state index is 0. The first-order valence-electron chi connectivity index (χ1n) is 7.22. The van der Waals surface area contributed by atoms with E-state index in [1.165, 1.54) is 25.1 Å². The smallest absolute Gasteiger partial charge is 0.419 e. The molecule has 1 amide bonds. The molecular formula is C15H20ClF3N2O2. The van der Waals surface area contributed by atoms with Crippen LogP contribution in [0.15, 0.2) is 24.3 Å². The first kappa shape index (κ1) is 19.6. The summed E-state index contributed by atoms with van der Waals surface area (Å²) >= 11 is 0. The van der Waals surface area contributed by atoms with Crippen LogP contribution < -0.4 is 15.4 Å². The Labute approximate surface area is 139 Å². The predicted molar refractivity (Wildman–Crippen MR) is 82.8 cm³/mol. The van der Waals surface area contributed by atoms with Crippen LogP contribution >= 0.6 is 12.4 Å². The van der Waals surface area contributed by atoms with Crippen LogP contribution in [-0.2, 0) is 11.0 Å². The molecule has 23 heavy (non-hydrogen) atoms. The highest BCUT2D eigenvalue weighted by atomic mass is 35.5. The third-order valence-electron chi connectivity index (χ3n) is 3.55. The molecule has 8 heteroatoms. The molecule has 1 unspecified atom stereocenters. The molecule has 1 heterocycles. The summed E-state index contributed by atoms with van der Waals surface area (Å²) in [6, 6.07) is 4.93. The highest BCUT2D eigenvalue weighted by Crippen LogP contribution is 2.36. The molecule has 130 valence electrons. The minimum atomic E-state index is -4.51. The van der Waals surface area contributed by atoms with Crippen molar-refractivity contribution in [1.29, 1.82) is 0 Å². The Balaban J connectivity index is 0.00000264. The number of carbonyl (C=O) groups is 1. The lowest BCUT2D eigenvalue weighted by Gasteiger charge is -2.25. The van der Waals surface area contributed by atoms with Gasteiger partial charge in [0.25, 0.3) is 5.91 Å². The van der Waals surface area contributed by atoms with Gasteiger partial charge >= 0.3 is 6.18 Å². The molecule has 1 aromatic rings. The first-order chi connectivity index (χ1) is 10.4. The van der Waals surface area contributed by atoms with Crippen molar-refractivity contribution in [3.05, 3.63) is 29.8 Å². The van der Waals surface area contributed by atoms with Gasteiger partial charge in [0.15, 0.2) is 6.10 Å². The average molecular weight is 353 g/mol.